The summed E-state index contributed by atoms with van der Waals surface area (Å²) in [6.07, 6.45) is 1.85. The Labute approximate surface area is 117 Å². The summed E-state index contributed by atoms with van der Waals surface area (Å²) in [5, 5.41) is 5.47. The maximum absolute atomic E-state index is 11.0. The molecule has 0 radical (unpaired) electrons. The Morgan fingerprint density at radius 2 is 1.58 bits per heavy atom. The highest BCUT2D eigenvalue weighted by Crippen LogP contribution is 1.85. The van der Waals surface area contributed by atoms with Crippen molar-refractivity contribution >= 4 is 11.8 Å². The van der Waals surface area contributed by atoms with E-state index in [4.69, 9.17) is 0 Å². The van der Waals surface area contributed by atoms with Crippen LogP contribution >= 0.6 is 0 Å². The lowest BCUT2D eigenvalue weighted by atomic mass is 10.3. The van der Waals surface area contributed by atoms with Gasteiger partial charge in [-0.25, -0.2) is 0 Å². The van der Waals surface area contributed by atoms with Crippen LogP contribution < -0.4 is 10.6 Å². The van der Waals surface area contributed by atoms with Crippen LogP contribution in [0.5, 0.6) is 0 Å². The number of hydrogen-bond donors (Lipinski definition) is 2. The van der Waals surface area contributed by atoms with Crippen LogP contribution in [0.2, 0.25) is 0 Å². The maximum Gasteiger partial charge on any atom is 0.243 e. The Bertz CT molecular complexity index is 274. The second-order valence-corrected chi connectivity index (χ2v) is 5.14. The third-order valence-corrected chi connectivity index (χ3v) is 1.85. The molecule has 0 spiro atoms. The van der Waals surface area contributed by atoms with Gasteiger partial charge < -0.3 is 15.5 Å². The third kappa shape index (κ3) is 19.2. The molecule has 0 aromatic heterocycles. The van der Waals surface area contributed by atoms with Gasteiger partial charge in [0.05, 0.1) is 0 Å². The molecule has 0 aromatic carbocycles. The van der Waals surface area contributed by atoms with Gasteiger partial charge in [-0.3, -0.25) is 9.59 Å². The van der Waals surface area contributed by atoms with Crippen LogP contribution in [-0.4, -0.2) is 49.4 Å². The minimum absolute atomic E-state index is 0.111. The third-order valence-electron chi connectivity index (χ3n) is 1.85. The summed E-state index contributed by atoms with van der Waals surface area (Å²) in [7, 11) is 3.92. The van der Waals surface area contributed by atoms with E-state index >= 15 is 0 Å². The van der Waals surface area contributed by atoms with E-state index in [9.17, 15) is 9.59 Å². The van der Waals surface area contributed by atoms with Crippen LogP contribution in [0.4, 0.5) is 0 Å². The zero-order valence-corrected chi connectivity index (χ0v) is 13.1. The summed E-state index contributed by atoms with van der Waals surface area (Å²) < 4.78 is 0. The summed E-state index contributed by atoms with van der Waals surface area (Å²) in [6, 6.07) is 0.463. The summed E-state index contributed by atoms with van der Waals surface area (Å²) in [4.78, 5) is 23.4. The zero-order chi connectivity index (χ0) is 15.4. The molecule has 19 heavy (non-hydrogen) atoms. The maximum atomic E-state index is 11.0. The predicted octanol–water partition coefficient (Wildman–Crippen LogP) is 1.16. The van der Waals surface area contributed by atoms with E-state index in [1.54, 1.807) is 0 Å². The highest BCUT2D eigenvalue weighted by molar-refractivity contribution is 5.86. The van der Waals surface area contributed by atoms with E-state index in [1.807, 2.05) is 46.7 Å². The van der Waals surface area contributed by atoms with Crippen molar-refractivity contribution in [1.29, 1.82) is 0 Å². The van der Waals surface area contributed by atoms with Gasteiger partial charge in [0.1, 0.15) is 0 Å². The number of nitrogens with one attached hydrogen (secondary N) is 2. The fourth-order valence-electron chi connectivity index (χ4n) is 1.06. The quantitative estimate of drug-likeness (QED) is 0.713. The fraction of sp³-hybridized carbons (Fsp3) is 0.714. The first-order chi connectivity index (χ1) is 8.68. The summed E-state index contributed by atoms with van der Waals surface area (Å²) in [5.74, 6) is 0.0219. The lowest BCUT2D eigenvalue weighted by Gasteiger charge is -2.11. The van der Waals surface area contributed by atoms with Crippen LogP contribution in [0.25, 0.3) is 0 Å². The number of carbonyl (C=O) groups is 2. The van der Waals surface area contributed by atoms with Crippen LogP contribution in [0.15, 0.2) is 12.7 Å². The highest BCUT2D eigenvalue weighted by Gasteiger charge is 2.02. The summed E-state index contributed by atoms with van der Waals surface area (Å²) in [6.45, 7) is 11.9. The molecular weight excluding hydrogens is 242 g/mol. The highest BCUT2D eigenvalue weighted by atomic mass is 16.2. The SMILES string of the molecule is C=CC(=O)NC(C)C.CC(C)NC(=O)CCN(C)C. The van der Waals surface area contributed by atoms with E-state index in [-0.39, 0.29) is 23.9 Å². The Balaban J connectivity index is 0. The molecule has 0 aliphatic rings. The van der Waals surface area contributed by atoms with Gasteiger partial charge >= 0.3 is 0 Å². The first-order valence-corrected chi connectivity index (χ1v) is 6.56. The molecule has 112 valence electrons. The van der Waals surface area contributed by atoms with Gasteiger partial charge in [0.25, 0.3) is 0 Å². The topological polar surface area (TPSA) is 61.4 Å². The Morgan fingerprint density at radius 1 is 1.11 bits per heavy atom. The van der Waals surface area contributed by atoms with Crippen molar-refractivity contribution in [3.05, 3.63) is 12.7 Å². The minimum atomic E-state index is -0.111. The number of nitrogens with zero attached hydrogens (tertiary/aromatic N) is 1. The molecule has 0 atom stereocenters. The Hall–Kier alpha value is -1.36. The second-order valence-electron chi connectivity index (χ2n) is 5.14. The fourth-order valence-corrected chi connectivity index (χ4v) is 1.06. The van der Waals surface area contributed by atoms with Crippen molar-refractivity contribution in [2.45, 2.75) is 46.2 Å². The number of amides is 2. The van der Waals surface area contributed by atoms with Crippen molar-refractivity contribution in [1.82, 2.24) is 15.5 Å². The summed E-state index contributed by atoms with van der Waals surface area (Å²) >= 11 is 0. The summed E-state index contributed by atoms with van der Waals surface area (Å²) in [5.41, 5.74) is 0. The van der Waals surface area contributed by atoms with Gasteiger partial charge in [0.15, 0.2) is 0 Å². The van der Waals surface area contributed by atoms with Gasteiger partial charge in [-0.1, -0.05) is 6.58 Å². The van der Waals surface area contributed by atoms with Crippen LogP contribution in [-0.2, 0) is 9.59 Å². The number of carbonyl (C=O) groups excluding carboxylic acids is 2. The predicted molar refractivity (Wildman–Crippen MR) is 79.9 cm³/mol. The smallest absolute Gasteiger partial charge is 0.243 e. The van der Waals surface area contributed by atoms with Crippen LogP contribution in [0.3, 0.4) is 0 Å². The molecule has 0 unspecified atom stereocenters. The van der Waals surface area contributed by atoms with Crippen LogP contribution in [0, 0.1) is 0 Å². The van der Waals surface area contributed by atoms with Gasteiger partial charge in [0.2, 0.25) is 11.8 Å². The van der Waals surface area contributed by atoms with E-state index in [2.05, 4.69) is 17.2 Å². The van der Waals surface area contributed by atoms with E-state index in [1.165, 1.54) is 6.08 Å². The first kappa shape index (κ1) is 20.0. The Morgan fingerprint density at radius 3 is 1.84 bits per heavy atom. The molecule has 2 amide bonds. The van der Waals surface area contributed by atoms with Gasteiger partial charge in [-0.05, 0) is 47.9 Å². The standard InChI is InChI=1S/C8H18N2O.C6H11NO/c1-7(2)9-8(11)5-6-10(3)4;1-4-6(8)7-5(2)3/h7H,5-6H2,1-4H3,(H,9,11);4-5H,1H2,2-3H3,(H,7,8). The molecule has 0 saturated carbocycles. The molecule has 0 heterocycles. The Kier molecular flexibility index (Phi) is 12.3. The van der Waals surface area contributed by atoms with E-state index < -0.39 is 0 Å². The average Bonchev–Trinajstić information content (AvgIpc) is 2.25. The lowest BCUT2D eigenvalue weighted by Crippen LogP contribution is -2.32. The molecule has 0 rings (SSSR count). The van der Waals surface area contributed by atoms with Crippen molar-refractivity contribution in [2.75, 3.05) is 20.6 Å². The van der Waals surface area contributed by atoms with Crippen molar-refractivity contribution in [3.8, 4) is 0 Å². The number of rotatable bonds is 6. The molecule has 5 heteroatoms. The van der Waals surface area contributed by atoms with Gasteiger partial charge in [-0.2, -0.15) is 0 Å². The van der Waals surface area contributed by atoms with Gasteiger partial charge in [-0.15, -0.1) is 0 Å². The zero-order valence-electron chi connectivity index (χ0n) is 13.1. The van der Waals surface area contributed by atoms with Crippen molar-refractivity contribution in [3.63, 3.8) is 0 Å². The normalized spacial score (nSPS) is 9.95. The molecule has 0 fully saturated rings. The van der Waals surface area contributed by atoms with Gasteiger partial charge in [0, 0.05) is 25.0 Å². The monoisotopic (exact) mass is 271 g/mol. The van der Waals surface area contributed by atoms with Crippen LogP contribution in [0.1, 0.15) is 34.1 Å². The van der Waals surface area contributed by atoms with Crippen molar-refractivity contribution in [2.24, 2.45) is 0 Å². The first-order valence-electron chi connectivity index (χ1n) is 6.56. The second kappa shape index (κ2) is 11.7. The largest absolute Gasteiger partial charge is 0.354 e. The number of hydrogen-bond acceptors (Lipinski definition) is 3. The molecule has 5 nitrogen and oxygen atoms in total. The van der Waals surface area contributed by atoms with E-state index in [0.29, 0.717) is 6.42 Å². The molecular formula is C14H29N3O2. The van der Waals surface area contributed by atoms with E-state index in [0.717, 1.165) is 6.54 Å². The molecule has 0 aliphatic carbocycles. The average molecular weight is 271 g/mol. The molecule has 0 aromatic rings. The molecule has 0 aliphatic heterocycles. The molecule has 0 saturated heterocycles. The lowest BCUT2D eigenvalue weighted by molar-refractivity contribution is -0.121. The molecule has 2 N–H and O–H groups in total. The molecule has 0 bridgehead atoms. The minimum Gasteiger partial charge on any atom is -0.354 e. The van der Waals surface area contributed by atoms with Crippen molar-refractivity contribution < 1.29 is 9.59 Å².